The van der Waals surface area contributed by atoms with E-state index in [9.17, 15) is 0 Å². The van der Waals surface area contributed by atoms with Gasteiger partial charge in [0.2, 0.25) is 5.84 Å². The van der Waals surface area contributed by atoms with Crippen molar-refractivity contribution in [3.63, 3.8) is 0 Å². The highest BCUT2D eigenvalue weighted by atomic mass is 32.1. The van der Waals surface area contributed by atoms with E-state index in [0.717, 1.165) is 27.8 Å². The maximum Gasteiger partial charge on any atom is 0.261 e. The van der Waals surface area contributed by atoms with E-state index < -0.39 is 0 Å². The van der Waals surface area contributed by atoms with Crippen molar-refractivity contribution in [3.05, 3.63) is 16.6 Å². The standard InChI is InChI=1S/C8H10N4S/c1-5-7(4-13-11-5)8-10-9-6(2)12(8)3/h4H,1-3H3/p+1. The van der Waals surface area contributed by atoms with Crippen LogP contribution in [0.4, 0.5) is 0 Å². The van der Waals surface area contributed by atoms with Crippen molar-refractivity contribution < 1.29 is 4.90 Å². The molecule has 1 unspecified atom stereocenters. The van der Waals surface area contributed by atoms with Gasteiger partial charge >= 0.3 is 0 Å². The summed E-state index contributed by atoms with van der Waals surface area (Å²) in [4.78, 5) is 1.16. The molecule has 1 N–H and O–H groups in total. The predicted molar refractivity (Wildman–Crippen MR) is 53.4 cm³/mol. The third kappa shape index (κ3) is 1.30. The summed E-state index contributed by atoms with van der Waals surface area (Å²) in [5, 5.41) is 10.2. The monoisotopic (exact) mass is 195 g/mol. The Hall–Kier alpha value is -1.07. The van der Waals surface area contributed by atoms with Gasteiger partial charge in [-0.05, 0) is 18.5 Å². The Labute approximate surface area is 80.8 Å². The first-order valence-corrected chi connectivity index (χ1v) is 4.91. The molecule has 0 radical (unpaired) electrons. The number of amidine groups is 2. The molecular formula is C8H11N4S+. The molecule has 0 aromatic carbocycles. The molecule has 0 saturated carbocycles. The second-order valence-electron chi connectivity index (χ2n) is 3.07. The third-order valence-corrected chi connectivity index (χ3v) is 2.92. The number of rotatable bonds is 1. The van der Waals surface area contributed by atoms with E-state index in [1.165, 1.54) is 11.5 Å². The van der Waals surface area contributed by atoms with Gasteiger partial charge in [-0.25, -0.2) is 4.90 Å². The van der Waals surface area contributed by atoms with Gasteiger partial charge in [0.25, 0.3) is 5.84 Å². The Kier molecular flexibility index (Phi) is 1.97. The maximum atomic E-state index is 4.22. The molecule has 0 amide bonds. The number of hydrogen-bond acceptors (Lipinski definition) is 4. The topological polar surface area (TPSA) is 42.0 Å². The lowest BCUT2D eigenvalue weighted by atomic mass is 10.2. The average molecular weight is 195 g/mol. The van der Waals surface area contributed by atoms with Crippen molar-refractivity contribution in [1.82, 2.24) is 4.37 Å². The summed E-state index contributed by atoms with van der Waals surface area (Å²) >= 11 is 1.46. The van der Waals surface area contributed by atoms with Gasteiger partial charge in [-0.15, -0.1) is 0 Å². The van der Waals surface area contributed by atoms with E-state index in [1.54, 1.807) is 0 Å². The van der Waals surface area contributed by atoms with Gasteiger partial charge in [-0.2, -0.15) is 4.37 Å². The maximum absolute atomic E-state index is 4.22. The molecule has 13 heavy (non-hydrogen) atoms. The summed E-state index contributed by atoms with van der Waals surface area (Å²) in [7, 11) is 2.04. The van der Waals surface area contributed by atoms with Crippen molar-refractivity contribution in [2.45, 2.75) is 13.8 Å². The van der Waals surface area contributed by atoms with Crippen LogP contribution in [-0.4, -0.2) is 23.1 Å². The van der Waals surface area contributed by atoms with Crippen LogP contribution in [0.1, 0.15) is 18.2 Å². The van der Waals surface area contributed by atoms with Gasteiger partial charge in [0.15, 0.2) is 0 Å². The lowest BCUT2D eigenvalue weighted by Crippen LogP contribution is -3.12. The van der Waals surface area contributed by atoms with Gasteiger partial charge in [0, 0.05) is 12.3 Å². The highest BCUT2D eigenvalue weighted by Crippen LogP contribution is 2.09. The van der Waals surface area contributed by atoms with E-state index in [2.05, 4.69) is 14.6 Å². The van der Waals surface area contributed by atoms with E-state index in [1.807, 2.05) is 26.3 Å². The SMILES string of the molecule is CC1=NN=C(c2csnc2C)[NH+]1C. The van der Waals surface area contributed by atoms with Crippen molar-refractivity contribution in [2.24, 2.45) is 10.2 Å². The second kappa shape index (κ2) is 3.01. The molecule has 1 atom stereocenters. The molecule has 1 aromatic heterocycles. The Morgan fingerprint density at radius 1 is 1.31 bits per heavy atom. The Morgan fingerprint density at radius 2 is 2.08 bits per heavy atom. The van der Waals surface area contributed by atoms with Gasteiger partial charge in [0.1, 0.15) is 0 Å². The first kappa shape index (κ1) is 8.52. The number of aromatic nitrogens is 1. The largest absolute Gasteiger partial charge is 0.261 e. The molecule has 68 valence electrons. The lowest BCUT2D eigenvalue weighted by Gasteiger charge is -2.05. The van der Waals surface area contributed by atoms with Crippen molar-refractivity contribution in [2.75, 3.05) is 7.05 Å². The van der Waals surface area contributed by atoms with Crippen LogP contribution >= 0.6 is 11.5 Å². The van der Waals surface area contributed by atoms with Gasteiger partial charge in [-0.1, -0.05) is 10.2 Å². The number of nitrogens with one attached hydrogen (secondary N) is 1. The molecule has 0 aliphatic carbocycles. The minimum atomic E-state index is 0.976. The molecule has 2 rings (SSSR count). The minimum Gasteiger partial charge on any atom is -0.241 e. The lowest BCUT2D eigenvalue weighted by molar-refractivity contribution is -0.671. The van der Waals surface area contributed by atoms with Crippen molar-refractivity contribution >= 4 is 23.2 Å². The number of nitrogens with zero attached hydrogens (tertiary/aromatic N) is 3. The zero-order chi connectivity index (χ0) is 9.42. The molecule has 4 nitrogen and oxygen atoms in total. The van der Waals surface area contributed by atoms with Gasteiger partial charge < -0.3 is 0 Å². The molecule has 0 saturated heterocycles. The number of quaternary nitrogens is 1. The quantitative estimate of drug-likeness (QED) is 0.676. The summed E-state index contributed by atoms with van der Waals surface area (Å²) in [5.41, 5.74) is 2.15. The molecule has 1 aliphatic rings. The minimum absolute atomic E-state index is 0.976. The highest BCUT2D eigenvalue weighted by molar-refractivity contribution is 7.03. The van der Waals surface area contributed by atoms with E-state index in [-0.39, 0.29) is 0 Å². The Morgan fingerprint density at radius 3 is 2.54 bits per heavy atom. The predicted octanol–water partition coefficient (Wildman–Crippen LogP) is 0.0598. The Bertz CT molecular complexity index is 391. The smallest absolute Gasteiger partial charge is 0.241 e. The summed E-state index contributed by atoms with van der Waals surface area (Å²) < 4.78 is 4.22. The average Bonchev–Trinajstić information content (AvgIpc) is 2.62. The zero-order valence-electron chi connectivity index (χ0n) is 7.83. The number of aryl methyl sites for hydroxylation is 1. The summed E-state index contributed by atoms with van der Waals surface area (Å²) in [6.45, 7) is 3.97. The fraction of sp³-hybridized carbons (Fsp3) is 0.375. The Balaban J connectivity index is 2.37. The summed E-state index contributed by atoms with van der Waals surface area (Å²) in [6.07, 6.45) is 0. The van der Waals surface area contributed by atoms with E-state index in [0.29, 0.717) is 0 Å². The van der Waals surface area contributed by atoms with Crippen LogP contribution in [-0.2, 0) is 0 Å². The van der Waals surface area contributed by atoms with Crippen LogP contribution in [0.5, 0.6) is 0 Å². The fourth-order valence-corrected chi connectivity index (χ4v) is 1.92. The molecule has 1 aromatic rings. The van der Waals surface area contributed by atoms with Crippen LogP contribution < -0.4 is 4.90 Å². The van der Waals surface area contributed by atoms with E-state index >= 15 is 0 Å². The molecular weight excluding hydrogens is 184 g/mol. The highest BCUT2D eigenvalue weighted by Gasteiger charge is 2.25. The van der Waals surface area contributed by atoms with Gasteiger partial charge in [0.05, 0.1) is 18.3 Å². The van der Waals surface area contributed by atoms with Crippen LogP contribution in [0, 0.1) is 6.92 Å². The summed E-state index contributed by atoms with van der Waals surface area (Å²) in [6, 6.07) is 0. The van der Waals surface area contributed by atoms with Crippen molar-refractivity contribution in [1.29, 1.82) is 0 Å². The zero-order valence-corrected chi connectivity index (χ0v) is 8.64. The summed E-state index contributed by atoms with van der Waals surface area (Å²) in [5.74, 6) is 1.98. The molecule has 2 heterocycles. The molecule has 5 heteroatoms. The first-order chi connectivity index (χ1) is 6.20. The van der Waals surface area contributed by atoms with Crippen LogP contribution in [0.15, 0.2) is 15.6 Å². The second-order valence-corrected chi connectivity index (χ2v) is 3.70. The van der Waals surface area contributed by atoms with Crippen LogP contribution in [0.2, 0.25) is 0 Å². The first-order valence-electron chi connectivity index (χ1n) is 4.08. The molecule has 0 fully saturated rings. The number of hydrogen-bond donors (Lipinski definition) is 1. The normalized spacial score (nSPS) is 21.6. The van der Waals surface area contributed by atoms with E-state index in [4.69, 9.17) is 0 Å². The third-order valence-electron chi connectivity index (χ3n) is 2.20. The van der Waals surface area contributed by atoms with Crippen LogP contribution in [0.3, 0.4) is 0 Å². The van der Waals surface area contributed by atoms with Crippen LogP contribution in [0.25, 0.3) is 0 Å². The molecule has 0 bridgehead atoms. The molecule has 0 spiro atoms. The molecule has 1 aliphatic heterocycles. The fourth-order valence-electron chi connectivity index (χ4n) is 1.22. The van der Waals surface area contributed by atoms with Gasteiger partial charge in [-0.3, -0.25) is 0 Å². The van der Waals surface area contributed by atoms with Crippen molar-refractivity contribution in [3.8, 4) is 0 Å².